The van der Waals surface area contributed by atoms with E-state index >= 15 is 0 Å². The van der Waals surface area contributed by atoms with E-state index in [9.17, 15) is 4.79 Å². The van der Waals surface area contributed by atoms with Crippen LogP contribution in [0.25, 0.3) is 0 Å². The van der Waals surface area contributed by atoms with Crippen molar-refractivity contribution < 1.29 is 9.53 Å². The minimum absolute atomic E-state index is 0.0127. The van der Waals surface area contributed by atoms with Crippen molar-refractivity contribution in [2.45, 2.75) is 111 Å². The van der Waals surface area contributed by atoms with Crippen molar-refractivity contribution in [2.24, 2.45) is 46.3 Å². The van der Waals surface area contributed by atoms with E-state index in [0.717, 1.165) is 59.2 Å². The number of rotatable bonds is 7. The fourth-order valence-corrected chi connectivity index (χ4v) is 9.99. The number of benzene rings is 1. The molecule has 4 aliphatic rings. The third-order valence-electron chi connectivity index (χ3n) is 11.6. The molecule has 204 valence electrons. The molecule has 0 aromatic heterocycles. The Kier molecular flexibility index (Phi) is 8.03. The Morgan fingerprint density at radius 2 is 1.86 bits per heavy atom. The van der Waals surface area contributed by atoms with Crippen molar-refractivity contribution in [1.82, 2.24) is 0 Å². The van der Waals surface area contributed by atoms with E-state index in [-0.39, 0.29) is 12.1 Å². The second-order valence-electron chi connectivity index (χ2n) is 14.1. The van der Waals surface area contributed by atoms with Gasteiger partial charge in [0.2, 0.25) is 0 Å². The molecule has 1 aromatic rings. The molecule has 0 aliphatic heterocycles. The van der Waals surface area contributed by atoms with Crippen molar-refractivity contribution in [3.05, 3.63) is 46.0 Å². The number of carbonyl (C=O) groups is 1. The van der Waals surface area contributed by atoms with Gasteiger partial charge in [0, 0.05) is 10.9 Å². The topological polar surface area (TPSA) is 26.3 Å². The van der Waals surface area contributed by atoms with Crippen molar-refractivity contribution in [2.75, 3.05) is 0 Å². The summed E-state index contributed by atoms with van der Waals surface area (Å²) in [6, 6.07) is 7.56. The molecule has 0 amide bonds. The minimum atomic E-state index is -0.183. The third kappa shape index (κ3) is 5.24. The zero-order chi connectivity index (χ0) is 26.4. The number of hydrogen-bond acceptors (Lipinski definition) is 2. The lowest BCUT2D eigenvalue weighted by Gasteiger charge is -2.58. The molecule has 4 aliphatic carbocycles. The first-order chi connectivity index (χ1) is 17.6. The van der Waals surface area contributed by atoms with Gasteiger partial charge in [-0.15, -0.1) is 0 Å². The van der Waals surface area contributed by atoms with Gasteiger partial charge in [0.1, 0.15) is 6.10 Å². The van der Waals surface area contributed by atoms with Crippen LogP contribution in [0, 0.1) is 46.3 Å². The predicted molar refractivity (Wildman–Crippen MR) is 156 cm³/mol. The molecule has 3 heteroatoms. The highest BCUT2D eigenvalue weighted by Crippen LogP contribution is 2.67. The standard InChI is InChI=1S/C34H49BrO2/c1-22(2)8-6-9-23(3)29-14-15-30-28-13-12-25-21-27(37-32(36)24-10-7-11-26(35)20-24)16-18-33(25,4)31(28)17-19-34(29,30)5/h7,10-12,20,22-23,27-31H,6,8-9,13-19,21H2,1-5H3. The van der Waals surface area contributed by atoms with Gasteiger partial charge in [0.05, 0.1) is 5.56 Å². The summed E-state index contributed by atoms with van der Waals surface area (Å²) >= 11 is 3.47. The quantitative estimate of drug-likeness (QED) is 0.241. The minimum Gasteiger partial charge on any atom is -0.458 e. The maximum absolute atomic E-state index is 12.8. The summed E-state index contributed by atoms with van der Waals surface area (Å²) in [7, 11) is 0. The molecule has 8 atom stereocenters. The van der Waals surface area contributed by atoms with E-state index in [1.807, 2.05) is 24.3 Å². The molecule has 1 aromatic carbocycles. The lowest BCUT2D eigenvalue weighted by atomic mass is 9.47. The van der Waals surface area contributed by atoms with Crippen LogP contribution in [0.3, 0.4) is 0 Å². The monoisotopic (exact) mass is 568 g/mol. The Hall–Kier alpha value is -1.09. The largest absolute Gasteiger partial charge is 0.458 e. The van der Waals surface area contributed by atoms with Gasteiger partial charge in [-0.2, -0.15) is 0 Å². The van der Waals surface area contributed by atoms with Crippen LogP contribution in [-0.2, 0) is 4.74 Å². The van der Waals surface area contributed by atoms with Gasteiger partial charge in [-0.05, 0) is 109 Å². The molecule has 0 heterocycles. The number of fused-ring (bicyclic) bond motifs is 5. The first kappa shape index (κ1) is 27.5. The van der Waals surface area contributed by atoms with Crippen LogP contribution in [0.2, 0.25) is 0 Å². The highest BCUT2D eigenvalue weighted by molar-refractivity contribution is 9.10. The van der Waals surface area contributed by atoms with E-state index in [1.54, 1.807) is 5.57 Å². The zero-order valence-corrected chi connectivity index (χ0v) is 25.5. The third-order valence-corrected chi connectivity index (χ3v) is 12.1. The number of allylic oxidation sites excluding steroid dienone is 1. The summed E-state index contributed by atoms with van der Waals surface area (Å²) in [5.74, 6) is 4.98. The van der Waals surface area contributed by atoms with Crippen LogP contribution in [0.15, 0.2) is 40.4 Å². The fourth-order valence-electron chi connectivity index (χ4n) is 9.59. The Balaban J connectivity index is 1.25. The number of halogens is 1. The number of ether oxygens (including phenoxy) is 1. The highest BCUT2D eigenvalue weighted by atomic mass is 79.9. The first-order valence-corrected chi connectivity index (χ1v) is 16.1. The summed E-state index contributed by atoms with van der Waals surface area (Å²) < 4.78 is 6.95. The SMILES string of the molecule is CC(C)CCCC(C)C1CCC2C3CC=C4CC(OC(=O)c5cccc(Br)c5)CCC4(C)C3CCC12C. The Morgan fingerprint density at radius 3 is 2.62 bits per heavy atom. The van der Waals surface area contributed by atoms with Gasteiger partial charge in [0.15, 0.2) is 0 Å². The summed E-state index contributed by atoms with van der Waals surface area (Å²) in [6.07, 6.45) is 16.9. The molecular weight excluding hydrogens is 520 g/mol. The summed E-state index contributed by atoms with van der Waals surface area (Å²) in [5, 5.41) is 0. The lowest BCUT2D eigenvalue weighted by Crippen LogP contribution is -2.51. The maximum atomic E-state index is 12.8. The Morgan fingerprint density at radius 1 is 1.05 bits per heavy atom. The second-order valence-corrected chi connectivity index (χ2v) is 15.0. The molecule has 0 N–H and O–H groups in total. The molecule has 2 nitrogen and oxygen atoms in total. The van der Waals surface area contributed by atoms with Gasteiger partial charge in [-0.3, -0.25) is 0 Å². The maximum Gasteiger partial charge on any atom is 0.338 e. The molecule has 0 spiro atoms. The van der Waals surface area contributed by atoms with Gasteiger partial charge in [0.25, 0.3) is 0 Å². The number of carbonyl (C=O) groups excluding carboxylic acids is 1. The van der Waals surface area contributed by atoms with Crippen LogP contribution in [-0.4, -0.2) is 12.1 Å². The van der Waals surface area contributed by atoms with Crippen molar-refractivity contribution in [1.29, 1.82) is 0 Å². The van der Waals surface area contributed by atoms with E-state index in [2.05, 4.69) is 56.6 Å². The molecule has 5 rings (SSSR count). The van der Waals surface area contributed by atoms with Crippen LogP contribution >= 0.6 is 15.9 Å². The van der Waals surface area contributed by atoms with E-state index in [4.69, 9.17) is 4.74 Å². The van der Waals surface area contributed by atoms with Crippen LogP contribution in [0.4, 0.5) is 0 Å². The van der Waals surface area contributed by atoms with Crippen molar-refractivity contribution in [3.63, 3.8) is 0 Å². The average Bonchev–Trinajstić information content (AvgIpc) is 3.21. The molecule has 3 fully saturated rings. The normalized spacial score (nSPS) is 37.8. The van der Waals surface area contributed by atoms with Crippen molar-refractivity contribution in [3.8, 4) is 0 Å². The fraction of sp³-hybridized carbons (Fsp3) is 0.735. The summed E-state index contributed by atoms with van der Waals surface area (Å²) in [5.41, 5.74) is 3.06. The van der Waals surface area contributed by atoms with Crippen molar-refractivity contribution >= 4 is 21.9 Å². The van der Waals surface area contributed by atoms with Gasteiger partial charge in [-0.25, -0.2) is 4.79 Å². The van der Waals surface area contributed by atoms with E-state index in [1.165, 1.54) is 51.4 Å². The molecule has 0 radical (unpaired) electrons. The van der Waals surface area contributed by atoms with Crippen LogP contribution < -0.4 is 0 Å². The number of esters is 1. The molecule has 0 bridgehead atoms. The Bertz CT molecular complexity index is 1010. The lowest BCUT2D eigenvalue weighted by molar-refractivity contribution is -0.0594. The van der Waals surface area contributed by atoms with Crippen LogP contribution in [0.5, 0.6) is 0 Å². The molecular formula is C34H49BrO2. The number of hydrogen-bond donors (Lipinski definition) is 0. The van der Waals surface area contributed by atoms with E-state index in [0.29, 0.717) is 16.4 Å². The molecule has 3 saturated carbocycles. The van der Waals surface area contributed by atoms with E-state index < -0.39 is 0 Å². The first-order valence-electron chi connectivity index (χ1n) is 15.3. The van der Waals surface area contributed by atoms with Gasteiger partial charge >= 0.3 is 5.97 Å². The average molecular weight is 570 g/mol. The van der Waals surface area contributed by atoms with Gasteiger partial charge < -0.3 is 4.74 Å². The molecule has 37 heavy (non-hydrogen) atoms. The predicted octanol–water partition coefficient (Wildman–Crippen LogP) is 10.0. The van der Waals surface area contributed by atoms with Gasteiger partial charge in [-0.1, -0.05) is 87.5 Å². The molecule has 8 unspecified atom stereocenters. The summed E-state index contributed by atoms with van der Waals surface area (Å²) in [4.78, 5) is 12.8. The second kappa shape index (κ2) is 10.8. The zero-order valence-electron chi connectivity index (χ0n) is 23.9. The smallest absolute Gasteiger partial charge is 0.338 e. The Labute approximate surface area is 234 Å². The van der Waals surface area contributed by atoms with Crippen LogP contribution in [0.1, 0.15) is 116 Å². The summed E-state index contributed by atoms with van der Waals surface area (Å²) in [6.45, 7) is 12.5. The molecule has 0 saturated heterocycles. The highest BCUT2D eigenvalue weighted by Gasteiger charge is 2.59.